The fourth-order valence-corrected chi connectivity index (χ4v) is 5.21. The number of likely N-dealkylation sites (tertiary alicyclic amines) is 1. The number of rotatable bonds is 5. The normalized spacial score (nSPS) is 14.2. The summed E-state index contributed by atoms with van der Waals surface area (Å²) in [6.07, 6.45) is 8.21. The molecule has 2 N–H and O–H groups in total. The molecule has 1 aliphatic rings. The first-order chi connectivity index (χ1) is 18.2. The number of hydrogen-bond donors (Lipinski definition) is 2. The summed E-state index contributed by atoms with van der Waals surface area (Å²) in [6.45, 7) is 3.21. The number of nitrogens with zero attached hydrogens (tertiary/aromatic N) is 5. The maximum absolute atomic E-state index is 13.9. The second-order valence-corrected chi connectivity index (χ2v) is 9.55. The highest BCUT2D eigenvalue weighted by molar-refractivity contribution is 5.97. The fraction of sp³-hybridized carbons (Fsp3) is 0.172. The highest BCUT2D eigenvalue weighted by atomic mass is 19.1. The van der Waals surface area contributed by atoms with Gasteiger partial charge in [0, 0.05) is 41.8 Å². The van der Waals surface area contributed by atoms with Crippen LogP contribution in [0.2, 0.25) is 0 Å². The molecule has 5 heterocycles. The van der Waals surface area contributed by atoms with Crippen LogP contribution in [0.25, 0.3) is 55.8 Å². The number of imidazole rings is 1. The minimum atomic E-state index is -0.277. The molecule has 7 rings (SSSR count). The van der Waals surface area contributed by atoms with Crippen LogP contribution in [0.4, 0.5) is 4.39 Å². The van der Waals surface area contributed by atoms with Gasteiger partial charge in [0.05, 0.1) is 16.4 Å². The van der Waals surface area contributed by atoms with Gasteiger partial charge in [0.25, 0.3) is 0 Å². The summed E-state index contributed by atoms with van der Waals surface area (Å²) in [4.78, 5) is 19.9. The summed E-state index contributed by atoms with van der Waals surface area (Å²) >= 11 is 0. The lowest BCUT2D eigenvalue weighted by Crippen LogP contribution is -2.18. The van der Waals surface area contributed by atoms with Crippen molar-refractivity contribution in [3.63, 3.8) is 0 Å². The Hall–Kier alpha value is -4.43. The van der Waals surface area contributed by atoms with E-state index in [4.69, 9.17) is 4.98 Å². The lowest BCUT2D eigenvalue weighted by Gasteiger charge is -2.14. The van der Waals surface area contributed by atoms with Crippen molar-refractivity contribution >= 4 is 22.1 Å². The van der Waals surface area contributed by atoms with Crippen molar-refractivity contribution in [2.75, 3.05) is 13.1 Å². The predicted molar refractivity (Wildman–Crippen MR) is 142 cm³/mol. The molecule has 4 aromatic heterocycles. The highest BCUT2D eigenvalue weighted by Gasteiger charge is 2.17. The van der Waals surface area contributed by atoms with E-state index in [1.54, 1.807) is 6.07 Å². The Kier molecular flexibility index (Phi) is 5.25. The average Bonchev–Trinajstić information content (AvgIpc) is 3.67. The molecule has 0 saturated carbocycles. The van der Waals surface area contributed by atoms with E-state index in [1.165, 1.54) is 30.5 Å². The van der Waals surface area contributed by atoms with Gasteiger partial charge in [0.1, 0.15) is 11.5 Å². The minimum Gasteiger partial charge on any atom is -0.337 e. The van der Waals surface area contributed by atoms with E-state index in [1.807, 2.05) is 42.9 Å². The van der Waals surface area contributed by atoms with Crippen LogP contribution in [0.3, 0.4) is 0 Å². The van der Waals surface area contributed by atoms with Gasteiger partial charge < -0.3 is 4.98 Å². The number of para-hydroxylation sites is 1. The summed E-state index contributed by atoms with van der Waals surface area (Å²) in [6, 6.07) is 16.7. The molecular weight excluding hydrogens is 465 g/mol. The van der Waals surface area contributed by atoms with Gasteiger partial charge >= 0.3 is 0 Å². The van der Waals surface area contributed by atoms with E-state index in [-0.39, 0.29) is 5.82 Å². The molecule has 0 radical (unpaired) electrons. The van der Waals surface area contributed by atoms with Crippen molar-refractivity contribution in [3.05, 3.63) is 84.6 Å². The van der Waals surface area contributed by atoms with Crippen LogP contribution in [-0.2, 0) is 6.54 Å². The summed E-state index contributed by atoms with van der Waals surface area (Å²) < 4.78 is 13.9. The molecule has 0 amide bonds. The lowest BCUT2D eigenvalue weighted by molar-refractivity contribution is 0.331. The van der Waals surface area contributed by atoms with E-state index in [0.717, 1.165) is 58.3 Å². The van der Waals surface area contributed by atoms with Crippen molar-refractivity contribution in [3.8, 4) is 33.8 Å². The number of halogens is 1. The Morgan fingerprint density at radius 3 is 2.65 bits per heavy atom. The molecule has 0 atom stereocenters. The number of pyridine rings is 2. The van der Waals surface area contributed by atoms with Crippen LogP contribution >= 0.6 is 0 Å². The maximum Gasteiger partial charge on any atom is 0.159 e. The van der Waals surface area contributed by atoms with Crippen LogP contribution < -0.4 is 0 Å². The Balaban J connectivity index is 1.28. The molecule has 8 heteroatoms. The van der Waals surface area contributed by atoms with Gasteiger partial charge in [0.15, 0.2) is 11.5 Å². The summed E-state index contributed by atoms with van der Waals surface area (Å²) in [5, 5.41) is 8.43. The largest absolute Gasteiger partial charge is 0.337 e. The lowest BCUT2D eigenvalue weighted by atomic mass is 10.0. The molecule has 6 aromatic rings. The van der Waals surface area contributed by atoms with Crippen LogP contribution in [0.5, 0.6) is 0 Å². The molecule has 0 spiro atoms. The number of aromatic nitrogens is 6. The monoisotopic (exact) mass is 489 g/mol. The summed E-state index contributed by atoms with van der Waals surface area (Å²) in [5.74, 6) is 0.353. The van der Waals surface area contributed by atoms with Crippen molar-refractivity contribution in [2.24, 2.45) is 0 Å². The van der Waals surface area contributed by atoms with Crippen molar-refractivity contribution in [2.45, 2.75) is 19.4 Å². The second kappa shape index (κ2) is 8.90. The standard InChI is InChI=1S/C29H24FN7/c30-22-6-3-5-19(12-22)23-7-4-8-25-26(23)34-29(33-25)27-24-13-21(16-32-28(24)36-35-27)20-11-18(14-31-15-20)17-37-9-1-2-10-37/h3-8,11-16H,1-2,9-10,17H2,(H,33,34)(H,32,35,36). The zero-order valence-electron chi connectivity index (χ0n) is 20.1. The zero-order valence-corrected chi connectivity index (χ0v) is 20.1. The number of H-pyrrole nitrogens is 2. The second-order valence-electron chi connectivity index (χ2n) is 9.55. The number of benzene rings is 2. The van der Waals surface area contributed by atoms with Crippen molar-refractivity contribution < 1.29 is 4.39 Å². The average molecular weight is 490 g/mol. The number of hydrogen-bond acceptors (Lipinski definition) is 5. The highest BCUT2D eigenvalue weighted by Crippen LogP contribution is 2.33. The number of fused-ring (bicyclic) bond motifs is 2. The van der Waals surface area contributed by atoms with E-state index in [2.05, 4.69) is 42.2 Å². The van der Waals surface area contributed by atoms with E-state index < -0.39 is 0 Å². The summed E-state index contributed by atoms with van der Waals surface area (Å²) in [7, 11) is 0. The van der Waals surface area contributed by atoms with E-state index in [9.17, 15) is 4.39 Å². The Bertz CT molecular complexity index is 1750. The molecule has 7 nitrogen and oxygen atoms in total. The Morgan fingerprint density at radius 2 is 1.76 bits per heavy atom. The van der Waals surface area contributed by atoms with E-state index >= 15 is 0 Å². The molecule has 0 unspecified atom stereocenters. The molecule has 1 saturated heterocycles. The van der Waals surface area contributed by atoms with Gasteiger partial charge in [-0.05, 0) is 67.4 Å². The van der Waals surface area contributed by atoms with Crippen molar-refractivity contribution in [1.29, 1.82) is 0 Å². The minimum absolute atomic E-state index is 0.277. The molecule has 1 fully saturated rings. The van der Waals surface area contributed by atoms with Crippen LogP contribution in [0.1, 0.15) is 18.4 Å². The molecule has 2 aromatic carbocycles. The van der Waals surface area contributed by atoms with Gasteiger partial charge in [-0.15, -0.1) is 0 Å². The third-order valence-corrected chi connectivity index (χ3v) is 7.02. The summed E-state index contributed by atoms with van der Waals surface area (Å²) in [5.41, 5.74) is 7.84. The molecule has 0 bridgehead atoms. The Morgan fingerprint density at radius 1 is 0.892 bits per heavy atom. The first-order valence-electron chi connectivity index (χ1n) is 12.5. The van der Waals surface area contributed by atoms with Crippen LogP contribution in [-0.4, -0.2) is 48.1 Å². The molecule has 37 heavy (non-hydrogen) atoms. The van der Waals surface area contributed by atoms with Crippen molar-refractivity contribution in [1.82, 2.24) is 35.0 Å². The van der Waals surface area contributed by atoms with Gasteiger partial charge in [-0.2, -0.15) is 5.10 Å². The van der Waals surface area contributed by atoms with Gasteiger partial charge in [0.2, 0.25) is 0 Å². The first kappa shape index (κ1) is 21.8. The fourth-order valence-electron chi connectivity index (χ4n) is 5.21. The third-order valence-electron chi connectivity index (χ3n) is 7.02. The van der Waals surface area contributed by atoms with Gasteiger partial charge in [-0.25, -0.2) is 14.4 Å². The molecule has 182 valence electrons. The maximum atomic E-state index is 13.9. The quantitative estimate of drug-likeness (QED) is 0.312. The third kappa shape index (κ3) is 4.05. The first-order valence-corrected chi connectivity index (χ1v) is 12.5. The van der Waals surface area contributed by atoms with Crippen LogP contribution in [0.15, 0.2) is 73.2 Å². The van der Waals surface area contributed by atoms with Gasteiger partial charge in [-0.1, -0.05) is 24.3 Å². The predicted octanol–water partition coefficient (Wildman–Crippen LogP) is 5.97. The zero-order chi connectivity index (χ0) is 24.8. The van der Waals surface area contributed by atoms with E-state index in [0.29, 0.717) is 17.2 Å². The van der Waals surface area contributed by atoms with Gasteiger partial charge in [-0.3, -0.25) is 15.0 Å². The number of nitrogens with one attached hydrogen (secondary N) is 2. The molecule has 0 aliphatic carbocycles. The Labute approximate surface area is 212 Å². The molecule has 1 aliphatic heterocycles. The molecular formula is C29H24FN7. The topological polar surface area (TPSA) is 86.4 Å². The van der Waals surface area contributed by atoms with Crippen LogP contribution in [0, 0.1) is 5.82 Å². The SMILES string of the molecule is Fc1cccc(-c2cccc3[nH]c(-c4n[nH]c5ncc(-c6cncc(CN7CCCC7)c6)cc45)nc23)c1. The smallest absolute Gasteiger partial charge is 0.159 e. The number of aromatic amines is 2.